The number of benzene rings is 1. The summed E-state index contributed by atoms with van der Waals surface area (Å²) in [7, 11) is 0. The van der Waals surface area contributed by atoms with Gasteiger partial charge in [0.05, 0.1) is 29.5 Å². The Morgan fingerprint density at radius 3 is 2.48 bits per heavy atom. The number of nitrogens with one attached hydrogen (secondary N) is 1. The van der Waals surface area contributed by atoms with Crippen LogP contribution in [-0.4, -0.2) is 41.2 Å². The van der Waals surface area contributed by atoms with Crippen molar-refractivity contribution >= 4 is 23.7 Å². The summed E-state index contributed by atoms with van der Waals surface area (Å²) in [5.74, 6) is -1.40. The largest absolute Gasteiger partial charge is 0.467 e. The highest BCUT2D eigenvalue weighted by Gasteiger charge is 2.36. The van der Waals surface area contributed by atoms with E-state index >= 15 is 0 Å². The highest BCUT2D eigenvalue weighted by atomic mass is 16.5. The van der Waals surface area contributed by atoms with Gasteiger partial charge >= 0.3 is 5.97 Å². The quantitative estimate of drug-likeness (QED) is 0.567. The number of amides is 3. The molecule has 3 rings (SSSR count). The first kappa shape index (κ1) is 20.3. The Balaban J connectivity index is 1.66. The number of esters is 1. The van der Waals surface area contributed by atoms with Crippen LogP contribution < -0.4 is 5.32 Å². The number of ether oxygens (including phenoxy) is 1. The molecule has 1 N–H and O–H groups in total. The van der Waals surface area contributed by atoms with Gasteiger partial charge in [-0.25, -0.2) is 4.79 Å². The number of carbonyl (C=O) groups is 4. The number of hydrogen-bond donors (Lipinski definition) is 1. The van der Waals surface area contributed by atoms with Crippen molar-refractivity contribution in [2.24, 2.45) is 5.92 Å². The Labute approximate surface area is 167 Å². The van der Waals surface area contributed by atoms with Crippen molar-refractivity contribution in [2.45, 2.75) is 33.4 Å². The molecule has 8 nitrogen and oxygen atoms in total. The molecule has 1 aromatic carbocycles. The summed E-state index contributed by atoms with van der Waals surface area (Å²) in [6, 6.07) is 7.41. The molecule has 0 spiro atoms. The maximum atomic E-state index is 12.6. The monoisotopic (exact) mass is 398 g/mol. The summed E-state index contributed by atoms with van der Waals surface area (Å²) in [6.07, 6.45) is 1.46. The third-order valence-corrected chi connectivity index (χ3v) is 4.82. The van der Waals surface area contributed by atoms with Crippen LogP contribution in [-0.2, 0) is 16.1 Å². The van der Waals surface area contributed by atoms with E-state index in [1.807, 2.05) is 20.8 Å². The van der Waals surface area contributed by atoms with Gasteiger partial charge in [0, 0.05) is 6.04 Å². The van der Waals surface area contributed by atoms with Crippen LogP contribution in [0.4, 0.5) is 0 Å². The van der Waals surface area contributed by atoms with Crippen LogP contribution in [0.5, 0.6) is 0 Å². The second kappa shape index (κ2) is 8.30. The predicted octanol–water partition coefficient (Wildman–Crippen LogP) is 2.39. The van der Waals surface area contributed by atoms with Gasteiger partial charge in [-0.3, -0.25) is 19.3 Å². The zero-order valence-electron chi connectivity index (χ0n) is 16.4. The average molecular weight is 398 g/mol. The van der Waals surface area contributed by atoms with Gasteiger partial charge in [0.1, 0.15) is 5.76 Å². The van der Waals surface area contributed by atoms with Gasteiger partial charge in [-0.1, -0.05) is 13.8 Å². The molecule has 0 aliphatic carbocycles. The molecule has 0 fully saturated rings. The van der Waals surface area contributed by atoms with Crippen molar-refractivity contribution in [2.75, 3.05) is 6.61 Å². The average Bonchev–Trinajstić information content (AvgIpc) is 3.29. The lowest BCUT2D eigenvalue weighted by Crippen LogP contribution is -2.38. The fourth-order valence-electron chi connectivity index (χ4n) is 2.80. The molecular weight excluding hydrogens is 376 g/mol. The van der Waals surface area contributed by atoms with E-state index in [-0.39, 0.29) is 35.2 Å². The van der Waals surface area contributed by atoms with E-state index in [9.17, 15) is 19.2 Å². The van der Waals surface area contributed by atoms with Crippen molar-refractivity contribution < 1.29 is 28.3 Å². The zero-order chi connectivity index (χ0) is 21.1. The van der Waals surface area contributed by atoms with Gasteiger partial charge in [-0.15, -0.1) is 0 Å². The molecule has 1 aliphatic rings. The first-order valence-corrected chi connectivity index (χ1v) is 9.27. The van der Waals surface area contributed by atoms with Gasteiger partial charge in [0.15, 0.2) is 6.61 Å². The third-order valence-electron chi connectivity index (χ3n) is 4.82. The number of hydrogen-bond acceptors (Lipinski definition) is 6. The Kier molecular flexibility index (Phi) is 5.81. The van der Waals surface area contributed by atoms with E-state index in [0.29, 0.717) is 5.76 Å². The summed E-state index contributed by atoms with van der Waals surface area (Å²) in [5, 5.41) is 2.74. The van der Waals surface area contributed by atoms with Gasteiger partial charge in [-0.2, -0.15) is 0 Å². The molecule has 3 amide bonds. The molecule has 1 aromatic heterocycles. The summed E-state index contributed by atoms with van der Waals surface area (Å²) < 4.78 is 10.2. The number of imide groups is 1. The SMILES string of the molecule is CC(C)[C@H](C)NC(=O)COC(=O)c1ccc2c(c1)C(=O)N(Cc1ccco1)C2=O. The molecule has 1 aliphatic heterocycles. The van der Waals surface area contributed by atoms with Gasteiger partial charge in [0.25, 0.3) is 17.7 Å². The molecule has 8 heteroatoms. The lowest BCUT2D eigenvalue weighted by molar-refractivity contribution is -0.125. The van der Waals surface area contributed by atoms with Crippen LogP contribution in [0, 0.1) is 5.92 Å². The Bertz CT molecular complexity index is 948. The smallest absolute Gasteiger partial charge is 0.338 e. The number of furan rings is 1. The standard InChI is InChI=1S/C21H22N2O6/c1-12(2)13(3)22-18(24)11-29-21(27)14-6-7-16-17(9-14)20(26)23(19(16)25)10-15-5-4-8-28-15/h4-9,12-13H,10-11H2,1-3H3,(H,22,24)/t13-/m0/s1. The first-order valence-electron chi connectivity index (χ1n) is 9.27. The molecule has 0 unspecified atom stereocenters. The number of rotatable bonds is 7. The molecule has 0 bridgehead atoms. The molecule has 29 heavy (non-hydrogen) atoms. The van der Waals surface area contributed by atoms with Crippen molar-refractivity contribution in [1.82, 2.24) is 10.2 Å². The molecule has 2 heterocycles. The summed E-state index contributed by atoms with van der Waals surface area (Å²) in [4.78, 5) is 50.3. The maximum Gasteiger partial charge on any atom is 0.338 e. The van der Waals surface area contributed by atoms with Crippen LogP contribution in [0.25, 0.3) is 0 Å². The predicted molar refractivity (Wildman–Crippen MR) is 102 cm³/mol. The van der Waals surface area contributed by atoms with Crippen molar-refractivity contribution in [3.8, 4) is 0 Å². The highest BCUT2D eigenvalue weighted by Crippen LogP contribution is 2.26. The van der Waals surface area contributed by atoms with Gasteiger partial charge in [0.2, 0.25) is 0 Å². The maximum absolute atomic E-state index is 12.6. The third kappa shape index (κ3) is 4.37. The van der Waals surface area contributed by atoms with E-state index in [1.54, 1.807) is 12.1 Å². The zero-order valence-corrected chi connectivity index (χ0v) is 16.4. The molecule has 1 atom stereocenters. The lowest BCUT2D eigenvalue weighted by atomic mass is 10.1. The first-order chi connectivity index (χ1) is 13.8. The fourth-order valence-corrected chi connectivity index (χ4v) is 2.80. The number of fused-ring (bicyclic) bond motifs is 1. The minimum atomic E-state index is -0.745. The van der Waals surface area contributed by atoms with E-state index in [1.165, 1.54) is 24.5 Å². The van der Waals surface area contributed by atoms with Crippen LogP contribution >= 0.6 is 0 Å². The number of carbonyl (C=O) groups excluding carboxylic acids is 4. The molecular formula is C21H22N2O6. The van der Waals surface area contributed by atoms with Crippen molar-refractivity contribution in [3.63, 3.8) is 0 Å². The highest BCUT2D eigenvalue weighted by molar-refractivity contribution is 6.21. The minimum absolute atomic E-state index is 0.00728. The lowest BCUT2D eigenvalue weighted by Gasteiger charge is -2.17. The summed E-state index contributed by atoms with van der Waals surface area (Å²) >= 11 is 0. The Morgan fingerprint density at radius 2 is 1.83 bits per heavy atom. The fraction of sp³-hybridized carbons (Fsp3) is 0.333. The Morgan fingerprint density at radius 1 is 1.10 bits per heavy atom. The van der Waals surface area contributed by atoms with Crippen LogP contribution in [0.3, 0.4) is 0 Å². The van der Waals surface area contributed by atoms with E-state index in [2.05, 4.69) is 5.32 Å². The molecule has 0 radical (unpaired) electrons. The second-order valence-corrected chi connectivity index (χ2v) is 7.21. The molecule has 152 valence electrons. The Hall–Kier alpha value is -3.42. The topological polar surface area (TPSA) is 106 Å². The summed E-state index contributed by atoms with van der Waals surface area (Å²) in [6.45, 7) is 5.38. The molecule has 0 saturated heterocycles. The molecule has 0 saturated carbocycles. The van der Waals surface area contributed by atoms with Crippen LogP contribution in [0.15, 0.2) is 41.0 Å². The molecule has 2 aromatic rings. The number of nitrogens with zero attached hydrogens (tertiary/aromatic N) is 1. The second-order valence-electron chi connectivity index (χ2n) is 7.21. The van der Waals surface area contributed by atoms with E-state index in [4.69, 9.17) is 9.15 Å². The van der Waals surface area contributed by atoms with Crippen LogP contribution in [0.2, 0.25) is 0 Å². The van der Waals surface area contributed by atoms with Crippen LogP contribution in [0.1, 0.15) is 57.6 Å². The van der Waals surface area contributed by atoms with Gasteiger partial charge < -0.3 is 14.5 Å². The minimum Gasteiger partial charge on any atom is -0.467 e. The van der Waals surface area contributed by atoms with Gasteiger partial charge in [-0.05, 0) is 43.2 Å². The summed E-state index contributed by atoms with van der Waals surface area (Å²) in [5.41, 5.74) is 0.421. The van der Waals surface area contributed by atoms with E-state index < -0.39 is 30.3 Å². The normalized spacial score (nSPS) is 14.1. The van der Waals surface area contributed by atoms with Crippen molar-refractivity contribution in [1.29, 1.82) is 0 Å². The van der Waals surface area contributed by atoms with Crippen molar-refractivity contribution in [3.05, 3.63) is 59.0 Å². The van der Waals surface area contributed by atoms with E-state index in [0.717, 1.165) is 4.90 Å².